The standard InChI is InChI=1S/C25H37FN4O6/c26-18-2-4-19(5-3-18)28-25(33)30-15-20(31)16-35-17-23-22(30)7-6-21(36-23)14-24(32)27-8-1-9-29-10-12-34-13-11-29/h2-5,20-23,31H,1,6-17H2,(H,27,32)(H,28,33)/t20-,21-,22+,23-/m1/s1. The molecule has 11 heteroatoms. The van der Waals surface area contributed by atoms with Crippen molar-refractivity contribution in [1.29, 1.82) is 0 Å². The summed E-state index contributed by atoms with van der Waals surface area (Å²) in [6.45, 7) is 5.35. The molecule has 4 rings (SSSR count). The van der Waals surface area contributed by atoms with Crippen molar-refractivity contribution < 1.29 is 33.3 Å². The predicted octanol–water partition coefficient (Wildman–Crippen LogP) is 1.20. The van der Waals surface area contributed by atoms with E-state index in [0.717, 1.165) is 39.3 Å². The number of β-amino-alcohol motifs (C(OH)–C–C–N with tert-alkyl or cyclic N) is 1. The van der Waals surface area contributed by atoms with Gasteiger partial charge in [0, 0.05) is 25.3 Å². The Bertz CT molecular complexity index is 853. The van der Waals surface area contributed by atoms with Crippen LogP contribution in [0.1, 0.15) is 25.7 Å². The molecular formula is C25H37FN4O6. The molecule has 3 N–H and O–H groups in total. The molecule has 3 saturated heterocycles. The van der Waals surface area contributed by atoms with Crippen LogP contribution in [0.5, 0.6) is 0 Å². The third-order valence-electron chi connectivity index (χ3n) is 6.83. The van der Waals surface area contributed by atoms with Crippen molar-refractivity contribution in [2.45, 2.75) is 50.0 Å². The third kappa shape index (κ3) is 7.84. The minimum Gasteiger partial charge on any atom is -0.389 e. The average molecular weight is 509 g/mol. The number of halogens is 1. The minimum atomic E-state index is -0.828. The second kappa shape index (κ2) is 13.3. The van der Waals surface area contributed by atoms with Crippen molar-refractivity contribution in [2.24, 2.45) is 0 Å². The Morgan fingerprint density at radius 2 is 1.86 bits per heavy atom. The highest BCUT2D eigenvalue weighted by atomic mass is 19.1. The first-order chi connectivity index (χ1) is 17.5. The van der Waals surface area contributed by atoms with E-state index in [1.54, 1.807) is 4.90 Å². The quantitative estimate of drug-likeness (QED) is 0.475. The van der Waals surface area contributed by atoms with Crippen LogP contribution in [0.15, 0.2) is 24.3 Å². The summed E-state index contributed by atoms with van der Waals surface area (Å²) in [5.41, 5.74) is 0.464. The highest BCUT2D eigenvalue weighted by molar-refractivity contribution is 5.89. The lowest BCUT2D eigenvalue weighted by Crippen LogP contribution is -2.58. The Morgan fingerprint density at radius 3 is 2.64 bits per heavy atom. The number of ether oxygens (including phenoxy) is 3. The first kappa shape index (κ1) is 26.7. The highest BCUT2D eigenvalue weighted by Gasteiger charge is 2.40. The van der Waals surface area contributed by atoms with Crippen molar-refractivity contribution in [3.63, 3.8) is 0 Å². The van der Waals surface area contributed by atoms with Crippen LogP contribution >= 0.6 is 0 Å². The normalized spacial score (nSPS) is 27.4. The molecule has 0 unspecified atom stereocenters. The molecule has 0 bridgehead atoms. The van der Waals surface area contributed by atoms with Gasteiger partial charge in [-0.25, -0.2) is 9.18 Å². The van der Waals surface area contributed by atoms with E-state index in [9.17, 15) is 19.1 Å². The molecule has 3 aliphatic rings. The van der Waals surface area contributed by atoms with Gasteiger partial charge in [-0.1, -0.05) is 0 Å². The summed E-state index contributed by atoms with van der Waals surface area (Å²) < 4.78 is 30.4. The summed E-state index contributed by atoms with van der Waals surface area (Å²) in [6, 6.07) is 4.82. The number of urea groups is 1. The van der Waals surface area contributed by atoms with E-state index >= 15 is 0 Å². The van der Waals surface area contributed by atoms with Crippen LogP contribution in [0.2, 0.25) is 0 Å². The van der Waals surface area contributed by atoms with Gasteiger partial charge in [0.25, 0.3) is 0 Å². The Morgan fingerprint density at radius 1 is 1.08 bits per heavy atom. The molecule has 200 valence electrons. The summed E-state index contributed by atoms with van der Waals surface area (Å²) in [7, 11) is 0. The van der Waals surface area contributed by atoms with Crippen LogP contribution in [0, 0.1) is 5.82 Å². The van der Waals surface area contributed by atoms with Gasteiger partial charge in [-0.3, -0.25) is 9.69 Å². The fraction of sp³-hybridized carbons (Fsp3) is 0.680. The maximum Gasteiger partial charge on any atom is 0.322 e. The summed E-state index contributed by atoms with van der Waals surface area (Å²) in [4.78, 5) is 29.5. The zero-order valence-electron chi connectivity index (χ0n) is 20.6. The van der Waals surface area contributed by atoms with Crippen molar-refractivity contribution >= 4 is 17.6 Å². The molecule has 1 aromatic carbocycles. The number of carbonyl (C=O) groups is 2. The molecule has 3 aliphatic heterocycles. The molecule has 4 atom stereocenters. The van der Waals surface area contributed by atoms with Crippen LogP contribution in [0.4, 0.5) is 14.9 Å². The number of carbonyl (C=O) groups excluding carboxylic acids is 2. The van der Waals surface area contributed by atoms with Gasteiger partial charge >= 0.3 is 6.03 Å². The number of nitrogens with zero attached hydrogens (tertiary/aromatic N) is 2. The molecule has 3 amide bonds. The summed E-state index contributed by atoms with van der Waals surface area (Å²) >= 11 is 0. The van der Waals surface area contributed by atoms with E-state index in [1.165, 1.54) is 24.3 Å². The van der Waals surface area contributed by atoms with Gasteiger partial charge in [-0.05, 0) is 50.1 Å². The second-order valence-corrected chi connectivity index (χ2v) is 9.58. The van der Waals surface area contributed by atoms with Crippen molar-refractivity contribution in [1.82, 2.24) is 15.1 Å². The molecule has 0 spiro atoms. The van der Waals surface area contributed by atoms with Gasteiger partial charge in [0.05, 0.1) is 57.6 Å². The average Bonchev–Trinajstić information content (AvgIpc) is 2.86. The van der Waals surface area contributed by atoms with Gasteiger partial charge in [-0.2, -0.15) is 0 Å². The van der Waals surface area contributed by atoms with Crippen LogP contribution in [-0.4, -0.2) is 110 Å². The van der Waals surface area contributed by atoms with Crippen LogP contribution in [-0.2, 0) is 19.0 Å². The SMILES string of the molecule is O=C(C[C@H]1CC[C@H]2[C@@H](COC[C@H](O)CN2C(=O)Nc2ccc(F)cc2)O1)NCCCN1CCOCC1. The fourth-order valence-electron chi connectivity index (χ4n) is 4.94. The molecule has 0 radical (unpaired) electrons. The summed E-state index contributed by atoms with van der Waals surface area (Å²) in [6.07, 6.45) is 0.864. The Hall–Kier alpha value is -2.31. The van der Waals surface area contributed by atoms with Crippen LogP contribution in [0.25, 0.3) is 0 Å². The number of anilines is 1. The maximum atomic E-state index is 13.2. The number of hydrogen-bond donors (Lipinski definition) is 3. The molecule has 10 nitrogen and oxygen atoms in total. The van der Waals surface area contributed by atoms with E-state index in [2.05, 4.69) is 15.5 Å². The number of rotatable bonds is 7. The van der Waals surface area contributed by atoms with Gasteiger partial charge in [0.15, 0.2) is 0 Å². The molecule has 3 fully saturated rings. The van der Waals surface area contributed by atoms with E-state index < -0.39 is 18.2 Å². The van der Waals surface area contributed by atoms with E-state index in [1.807, 2.05) is 0 Å². The van der Waals surface area contributed by atoms with E-state index in [4.69, 9.17) is 14.2 Å². The van der Waals surface area contributed by atoms with E-state index in [0.29, 0.717) is 25.1 Å². The number of benzene rings is 1. The Kier molecular flexibility index (Phi) is 9.88. The largest absolute Gasteiger partial charge is 0.389 e. The van der Waals surface area contributed by atoms with Crippen molar-refractivity contribution in [3.05, 3.63) is 30.1 Å². The molecule has 0 saturated carbocycles. The molecular weight excluding hydrogens is 471 g/mol. The number of hydrogen-bond acceptors (Lipinski definition) is 7. The lowest BCUT2D eigenvalue weighted by molar-refractivity contribution is -0.149. The van der Waals surface area contributed by atoms with Gasteiger partial charge in [0.1, 0.15) is 11.9 Å². The number of amides is 3. The number of morpholine rings is 1. The van der Waals surface area contributed by atoms with Gasteiger partial charge in [-0.15, -0.1) is 0 Å². The lowest BCUT2D eigenvalue weighted by atomic mass is 9.95. The number of aliphatic hydroxyl groups excluding tert-OH is 1. The number of aliphatic hydroxyl groups is 1. The van der Waals surface area contributed by atoms with Crippen molar-refractivity contribution in [3.8, 4) is 0 Å². The van der Waals surface area contributed by atoms with Gasteiger partial charge < -0.3 is 34.9 Å². The molecule has 0 aliphatic carbocycles. The third-order valence-corrected chi connectivity index (χ3v) is 6.83. The number of fused-ring (bicyclic) bond motifs is 1. The Labute approximate surface area is 211 Å². The molecule has 36 heavy (non-hydrogen) atoms. The first-order valence-corrected chi connectivity index (χ1v) is 12.8. The zero-order chi connectivity index (χ0) is 25.3. The molecule has 1 aromatic rings. The monoisotopic (exact) mass is 508 g/mol. The number of nitrogens with one attached hydrogen (secondary N) is 2. The topological polar surface area (TPSA) is 113 Å². The zero-order valence-corrected chi connectivity index (χ0v) is 20.6. The van der Waals surface area contributed by atoms with Crippen LogP contribution < -0.4 is 10.6 Å². The minimum absolute atomic E-state index is 0.0477. The maximum absolute atomic E-state index is 13.2. The lowest BCUT2D eigenvalue weighted by Gasteiger charge is -2.44. The second-order valence-electron chi connectivity index (χ2n) is 9.58. The first-order valence-electron chi connectivity index (χ1n) is 12.8. The van der Waals surface area contributed by atoms with Crippen molar-refractivity contribution in [2.75, 3.05) is 64.5 Å². The predicted molar refractivity (Wildman–Crippen MR) is 130 cm³/mol. The van der Waals surface area contributed by atoms with Gasteiger partial charge in [0.2, 0.25) is 5.91 Å². The Balaban J connectivity index is 1.26. The summed E-state index contributed by atoms with van der Waals surface area (Å²) in [5.74, 6) is -0.437. The summed E-state index contributed by atoms with van der Waals surface area (Å²) in [5, 5.41) is 16.0. The highest BCUT2D eigenvalue weighted by Crippen LogP contribution is 2.28. The van der Waals surface area contributed by atoms with Crippen LogP contribution in [0.3, 0.4) is 0 Å². The smallest absolute Gasteiger partial charge is 0.322 e. The molecule has 3 heterocycles. The fourth-order valence-corrected chi connectivity index (χ4v) is 4.94. The van der Waals surface area contributed by atoms with E-state index in [-0.39, 0.29) is 50.0 Å². The molecule has 0 aromatic heterocycles.